The molecule has 146 valence electrons. The highest BCUT2D eigenvalue weighted by Gasteiger charge is 2.40. The molecule has 1 unspecified atom stereocenters. The third-order valence-corrected chi connectivity index (χ3v) is 5.76. The lowest BCUT2D eigenvalue weighted by atomic mass is 9.90. The molecule has 0 saturated carbocycles. The average Bonchev–Trinajstić information content (AvgIpc) is 2.72. The molecule has 2 amide bonds. The minimum Gasteiger partial charge on any atom is -0.368 e. The Hall–Kier alpha value is -2.82. The summed E-state index contributed by atoms with van der Waals surface area (Å²) in [6.07, 6.45) is 0.375. The van der Waals surface area contributed by atoms with Crippen molar-refractivity contribution < 1.29 is 9.59 Å². The van der Waals surface area contributed by atoms with Crippen LogP contribution in [0.3, 0.4) is 0 Å². The van der Waals surface area contributed by atoms with Crippen molar-refractivity contribution in [3.63, 3.8) is 0 Å². The number of para-hydroxylation sites is 1. The number of hydrogen-bond donors (Lipinski definition) is 0. The Morgan fingerprint density at radius 2 is 1.57 bits per heavy atom. The number of nitrogens with zero attached hydrogens (tertiary/aromatic N) is 3. The summed E-state index contributed by atoms with van der Waals surface area (Å²) in [6.45, 7) is 6.93. The van der Waals surface area contributed by atoms with Crippen LogP contribution in [0.4, 0.5) is 5.69 Å². The molecule has 4 rings (SSSR count). The first kappa shape index (κ1) is 18.5. The van der Waals surface area contributed by atoms with Gasteiger partial charge in [-0.2, -0.15) is 0 Å². The van der Waals surface area contributed by atoms with Crippen molar-refractivity contribution in [2.24, 2.45) is 0 Å². The molecule has 28 heavy (non-hydrogen) atoms. The van der Waals surface area contributed by atoms with Crippen molar-refractivity contribution in [1.82, 2.24) is 9.80 Å². The maximum Gasteiger partial charge on any atom is 0.250 e. The van der Waals surface area contributed by atoms with Crippen LogP contribution < -0.4 is 4.90 Å². The van der Waals surface area contributed by atoms with Gasteiger partial charge in [0.1, 0.15) is 6.04 Å². The van der Waals surface area contributed by atoms with Crippen molar-refractivity contribution in [1.29, 1.82) is 0 Å². The van der Waals surface area contributed by atoms with Gasteiger partial charge in [-0.05, 0) is 37.1 Å². The number of amides is 2. The fourth-order valence-electron chi connectivity index (χ4n) is 4.34. The van der Waals surface area contributed by atoms with E-state index in [1.54, 1.807) is 4.90 Å². The maximum absolute atomic E-state index is 13.5. The van der Waals surface area contributed by atoms with Gasteiger partial charge in [0.25, 0.3) is 0 Å². The van der Waals surface area contributed by atoms with E-state index < -0.39 is 6.04 Å². The van der Waals surface area contributed by atoms with Gasteiger partial charge in [-0.15, -0.1) is 0 Å². The molecule has 2 aliphatic rings. The lowest BCUT2D eigenvalue weighted by molar-refractivity contribution is -0.149. The first-order valence-corrected chi connectivity index (χ1v) is 10.0. The van der Waals surface area contributed by atoms with E-state index in [1.165, 1.54) is 5.69 Å². The Morgan fingerprint density at radius 1 is 0.929 bits per heavy atom. The summed E-state index contributed by atoms with van der Waals surface area (Å²) in [5.74, 6) is 0.0804. The number of anilines is 1. The number of piperazine rings is 1. The van der Waals surface area contributed by atoms with E-state index in [-0.39, 0.29) is 17.9 Å². The van der Waals surface area contributed by atoms with Gasteiger partial charge in [0.15, 0.2) is 0 Å². The van der Waals surface area contributed by atoms with Crippen LogP contribution in [0.5, 0.6) is 0 Å². The third kappa shape index (κ3) is 3.37. The molecule has 1 fully saturated rings. The first-order valence-electron chi connectivity index (χ1n) is 10.0. The van der Waals surface area contributed by atoms with Gasteiger partial charge in [-0.3, -0.25) is 9.59 Å². The van der Waals surface area contributed by atoms with Crippen LogP contribution in [0, 0.1) is 0 Å². The van der Waals surface area contributed by atoms with E-state index in [0.29, 0.717) is 19.5 Å². The standard InChI is InChI=1S/C23H27N3O2/c1-17(2)26-21(27)16-18-8-6-7-11-20(18)22(26)23(28)25-14-12-24(13-15-25)19-9-4-3-5-10-19/h3-11,17,22H,12-16H2,1-2H3. The van der Waals surface area contributed by atoms with Gasteiger partial charge in [0.2, 0.25) is 11.8 Å². The predicted molar refractivity (Wildman–Crippen MR) is 110 cm³/mol. The topological polar surface area (TPSA) is 43.9 Å². The second kappa shape index (κ2) is 7.66. The van der Waals surface area contributed by atoms with E-state index in [9.17, 15) is 9.59 Å². The molecule has 0 bridgehead atoms. The molecule has 5 nitrogen and oxygen atoms in total. The monoisotopic (exact) mass is 377 g/mol. The molecular formula is C23H27N3O2. The fourth-order valence-corrected chi connectivity index (χ4v) is 4.34. The molecule has 1 atom stereocenters. The first-order chi connectivity index (χ1) is 13.6. The second-order valence-corrected chi connectivity index (χ2v) is 7.82. The lowest BCUT2D eigenvalue weighted by Crippen LogP contribution is -2.55. The van der Waals surface area contributed by atoms with Crippen molar-refractivity contribution in [3.8, 4) is 0 Å². The molecule has 2 aromatic carbocycles. The van der Waals surface area contributed by atoms with Crippen molar-refractivity contribution in [3.05, 3.63) is 65.7 Å². The molecule has 0 N–H and O–H groups in total. The van der Waals surface area contributed by atoms with Crippen LogP contribution in [-0.4, -0.2) is 53.8 Å². The van der Waals surface area contributed by atoms with Crippen LogP contribution in [0.2, 0.25) is 0 Å². The van der Waals surface area contributed by atoms with E-state index in [0.717, 1.165) is 24.2 Å². The normalized spacial score (nSPS) is 19.8. The Labute approximate surface area is 166 Å². The number of fused-ring (bicyclic) bond motifs is 1. The molecule has 0 spiro atoms. The lowest BCUT2D eigenvalue weighted by Gasteiger charge is -2.43. The van der Waals surface area contributed by atoms with E-state index in [2.05, 4.69) is 17.0 Å². The molecule has 0 aromatic heterocycles. The number of hydrogen-bond acceptors (Lipinski definition) is 3. The molecule has 1 saturated heterocycles. The molecule has 0 aliphatic carbocycles. The fraction of sp³-hybridized carbons (Fsp3) is 0.391. The van der Waals surface area contributed by atoms with Crippen molar-refractivity contribution >= 4 is 17.5 Å². The van der Waals surface area contributed by atoms with Gasteiger partial charge >= 0.3 is 0 Å². The largest absolute Gasteiger partial charge is 0.368 e. The van der Waals surface area contributed by atoms with Crippen LogP contribution in [0.1, 0.15) is 31.0 Å². The highest BCUT2D eigenvalue weighted by atomic mass is 16.2. The predicted octanol–water partition coefficient (Wildman–Crippen LogP) is 2.87. The Kier molecular flexibility index (Phi) is 5.07. The number of benzene rings is 2. The quantitative estimate of drug-likeness (QED) is 0.826. The molecular weight excluding hydrogens is 350 g/mol. The number of rotatable bonds is 3. The van der Waals surface area contributed by atoms with E-state index in [1.807, 2.05) is 61.2 Å². The number of carbonyl (C=O) groups excluding carboxylic acids is 2. The summed E-state index contributed by atoms with van der Waals surface area (Å²) >= 11 is 0. The average molecular weight is 377 g/mol. The van der Waals surface area contributed by atoms with Gasteiger partial charge in [-0.25, -0.2) is 0 Å². The molecule has 0 radical (unpaired) electrons. The van der Waals surface area contributed by atoms with Gasteiger partial charge in [0.05, 0.1) is 6.42 Å². The van der Waals surface area contributed by atoms with Gasteiger partial charge < -0.3 is 14.7 Å². The van der Waals surface area contributed by atoms with Gasteiger partial charge in [0, 0.05) is 37.9 Å². The Morgan fingerprint density at radius 3 is 2.25 bits per heavy atom. The van der Waals surface area contributed by atoms with Crippen molar-refractivity contribution in [2.75, 3.05) is 31.1 Å². The summed E-state index contributed by atoms with van der Waals surface area (Å²) in [6, 6.07) is 17.6. The number of carbonyl (C=O) groups is 2. The summed E-state index contributed by atoms with van der Waals surface area (Å²) in [5.41, 5.74) is 3.15. The third-order valence-electron chi connectivity index (χ3n) is 5.76. The van der Waals surface area contributed by atoms with Crippen LogP contribution >= 0.6 is 0 Å². The molecule has 5 heteroatoms. The summed E-state index contributed by atoms with van der Waals surface area (Å²) < 4.78 is 0. The van der Waals surface area contributed by atoms with Crippen LogP contribution in [-0.2, 0) is 16.0 Å². The van der Waals surface area contributed by atoms with Crippen molar-refractivity contribution in [2.45, 2.75) is 32.4 Å². The SMILES string of the molecule is CC(C)N1C(=O)Cc2ccccc2C1C(=O)N1CCN(c2ccccc2)CC1. The Bertz CT molecular complexity index is 857. The molecule has 2 aromatic rings. The smallest absolute Gasteiger partial charge is 0.250 e. The minimum absolute atomic E-state index is 0.0135. The summed E-state index contributed by atoms with van der Waals surface area (Å²) in [7, 11) is 0. The summed E-state index contributed by atoms with van der Waals surface area (Å²) in [4.78, 5) is 32.3. The molecule has 2 aliphatic heterocycles. The van der Waals surface area contributed by atoms with Crippen LogP contribution in [0.15, 0.2) is 54.6 Å². The highest BCUT2D eigenvalue weighted by Crippen LogP contribution is 2.34. The van der Waals surface area contributed by atoms with Crippen LogP contribution in [0.25, 0.3) is 0 Å². The zero-order valence-electron chi connectivity index (χ0n) is 16.5. The minimum atomic E-state index is -0.513. The van der Waals surface area contributed by atoms with E-state index >= 15 is 0 Å². The highest BCUT2D eigenvalue weighted by molar-refractivity contribution is 5.92. The summed E-state index contributed by atoms with van der Waals surface area (Å²) in [5, 5.41) is 0. The maximum atomic E-state index is 13.5. The second-order valence-electron chi connectivity index (χ2n) is 7.82. The van der Waals surface area contributed by atoms with E-state index in [4.69, 9.17) is 0 Å². The molecule has 2 heterocycles. The zero-order valence-corrected chi connectivity index (χ0v) is 16.5. The zero-order chi connectivity index (χ0) is 19.7. The Balaban J connectivity index is 1.55. The van der Waals surface area contributed by atoms with Gasteiger partial charge in [-0.1, -0.05) is 42.5 Å².